The Morgan fingerprint density at radius 1 is 0.974 bits per heavy atom. The van der Waals surface area contributed by atoms with Crippen molar-refractivity contribution in [2.75, 3.05) is 17.3 Å². The van der Waals surface area contributed by atoms with Gasteiger partial charge in [-0.3, -0.25) is 4.79 Å². The van der Waals surface area contributed by atoms with E-state index in [4.69, 9.17) is 0 Å². The highest BCUT2D eigenvalue weighted by Gasteiger charge is 2.33. The second kappa shape index (κ2) is 18.1. The standard InChI is InChI=1S/C31H47NO5S2/c1-7-26(6)28(22-39(36,37)27-17-9-8-10-18-27)30(33)32-29(31(34)35)21-38-20-19-25(5)16-12-15-24(4)14-11-13-23(2)3/h8-10,13,15,17-19,26,28-29H,7,11-12,14,16,20-22H2,1-6H3,(H,32,33)(H,34,35)/b24-15+,25-19+/t26-,28-,29-/m0/s1. The van der Waals surface area contributed by atoms with Gasteiger partial charge in [0.05, 0.1) is 16.6 Å². The third-order valence-corrected chi connectivity index (χ3v) is 9.50. The van der Waals surface area contributed by atoms with Crippen molar-refractivity contribution in [3.05, 3.63) is 65.3 Å². The summed E-state index contributed by atoms with van der Waals surface area (Å²) in [5.74, 6) is -2.23. The van der Waals surface area contributed by atoms with E-state index in [0.717, 1.165) is 25.7 Å². The zero-order valence-electron chi connectivity index (χ0n) is 24.4. The van der Waals surface area contributed by atoms with Crippen LogP contribution in [0.1, 0.15) is 73.6 Å². The van der Waals surface area contributed by atoms with Crippen molar-refractivity contribution in [1.82, 2.24) is 5.32 Å². The van der Waals surface area contributed by atoms with Crippen LogP contribution in [0.3, 0.4) is 0 Å². The molecule has 0 aliphatic heterocycles. The van der Waals surface area contributed by atoms with E-state index in [9.17, 15) is 23.1 Å². The van der Waals surface area contributed by atoms with Crippen LogP contribution in [0.15, 0.2) is 70.2 Å². The lowest BCUT2D eigenvalue weighted by molar-refractivity contribution is -0.141. The van der Waals surface area contributed by atoms with E-state index in [-0.39, 0.29) is 22.3 Å². The van der Waals surface area contributed by atoms with Gasteiger partial charge in [0.25, 0.3) is 0 Å². The Balaban J connectivity index is 2.66. The van der Waals surface area contributed by atoms with Gasteiger partial charge in [-0.1, -0.05) is 73.4 Å². The number of hydrogen-bond acceptors (Lipinski definition) is 5. The molecule has 0 aliphatic carbocycles. The molecule has 6 nitrogen and oxygen atoms in total. The van der Waals surface area contributed by atoms with Gasteiger partial charge in [-0.05, 0) is 71.4 Å². The number of amides is 1. The van der Waals surface area contributed by atoms with Crippen molar-refractivity contribution in [3.8, 4) is 0 Å². The fourth-order valence-corrected chi connectivity index (χ4v) is 6.64. The van der Waals surface area contributed by atoms with Crippen LogP contribution in [0, 0.1) is 11.8 Å². The predicted octanol–water partition coefficient (Wildman–Crippen LogP) is 6.84. The largest absolute Gasteiger partial charge is 0.480 e. The van der Waals surface area contributed by atoms with Crippen LogP contribution in [-0.4, -0.2) is 48.7 Å². The van der Waals surface area contributed by atoms with Gasteiger partial charge in [0.1, 0.15) is 6.04 Å². The molecule has 1 aromatic carbocycles. The lowest BCUT2D eigenvalue weighted by Crippen LogP contribution is -2.47. The van der Waals surface area contributed by atoms with E-state index in [1.807, 2.05) is 13.8 Å². The maximum Gasteiger partial charge on any atom is 0.327 e. The average molecular weight is 578 g/mol. The first-order valence-corrected chi connectivity index (χ1v) is 16.5. The summed E-state index contributed by atoms with van der Waals surface area (Å²) in [6.45, 7) is 12.2. The Morgan fingerprint density at radius 2 is 1.56 bits per heavy atom. The van der Waals surface area contributed by atoms with Gasteiger partial charge in [0, 0.05) is 11.5 Å². The lowest BCUT2D eigenvalue weighted by atomic mass is 9.92. The molecule has 3 atom stereocenters. The molecule has 0 saturated carbocycles. The minimum atomic E-state index is -3.70. The second-order valence-corrected chi connectivity index (χ2v) is 13.6. The first-order chi connectivity index (χ1) is 18.4. The molecule has 0 saturated heterocycles. The summed E-state index contributed by atoms with van der Waals surface area (Å²) >= 11 is 1.44. The van der Waals surface area contributed by atoms with Crippen LogP contribution in [0.2, 0.25) is 0 Å². The summed E-state index contributed by atoms with van der Waals surface area (Å²) < 4.78 is 25.9. The summed E-state index contributed by atoms with van der Waals surface area (Å²) in [7, 11) is -3.70. The molecule has 0 aromatic heterocycles. The minimum Gasteiger partial charge on any atom is -0.480 e. The van der Waals surface area contributed by atoms with E-state index < -0.39 is 33.7 Å². The van der Waals surface area contributed by atoms with Crippen LogP contribution in [0.5, 0.6) is 0 Å². The van der Waals surface area contributed by atoms with Gasteiger partial charge in [-0.25, -0.2) is 13.2 Å². The number of carbonyl (C=O) groups excluding carboxylic acids is 1. The molecule has 0 radical (unpaired) electrons. The monoisotopic (exact) mass is 577 g/mol. The highest BCUT2D eigenvalue weighted by Crippen LogP contribution is 2.22. The van der Waals surface area contributed by atoms with Gasteiger partial charge in [0.15, 0.2) is 9.84 Å². The normalized spacial score (nSPS) is 14.8. The van der Waals surface area contributed by atoms with Gasteiger partial charge < -0.3 is 10.4 Å². The zero-order valence-corrected chi connectivity index (χ0v) is 26.0. The number of thioether (sulfide) groups is 1. The smallest absolute Gasteiger partial charge is 0.327 e. The van der Waals surface area contributed by atoms with Crippen molar-refractivity contribution < 1.29 is 23.1 Å². The number of carboxylic acids is 1. The maximum absolute atomic E-state index is 13.1. The van der Waals surface area contributed by atoms with E-state index in [1.54, 1.807) is 18.2 Å². The number of sulfone groups is 1. The van der Waals surface area contributed by atoms with Gasteiger partial charge in [-0.2, -0.15) is 11.8 Å². The Kier molecular flexibility index (Phi) is 16.1. The van der Waals surface area contributed by atoms with Crippen LogP contribution in [0.4, 0.5) is 0 Å². The summed E-state index contributed by atoms with van der Waals surface area (Å²) in [6.07, 6.45) is 11.3. The number of benzene rings is 1. The molecule has 1 aromatic rings. The van der Waals surface area contributed by atoms with Gasteiger partial charge >= 0.3 is 5.97 Å². The van der Waals surface area contributed by atoms with Gasteiger partial charge in [-0.15, -0.1) is 0 Å². The number of aliphatic carboxylic acids is 1. The maximum atomic E-state index is 13.1. The van der Waals surface area contributed by atoms with Crippen LogP contribution >= 0.6 is 11.8 Å². The quantitative estimate of drug-likeness (QED) is 0.146. The minimum absolute atomic E-state index is 0.160. The topological polar surface area (TPSA) is 101 Å². The Labute approximate surface area is 240 Å². The summed E-state index contributed by atoms with van der Waals surface area (Å²) in [4.78, 5) is 25.1. The number of nitrogens with one attached hydrogen (secondary N) is 1. The lowest BCUT2D eigenvalue weighted by Gasteiger charge is -2.24. The van der Waals surface area contributed by atoms with Crippen LogP contribution in [-0.2, 0) is 19.4 Å². The van der Waals surface area contributed by atoms with E-state index >= 15 is 0 Å². The number of hydrogen-bond donors (Lipinski definition) is 2. The molecule has 1 rings (SSSR count). The van der Waals surface area contributed by atoms with E-state index in [1.165, 1.54) is 40.6 Å². The van der Waals surface area contributed by atoms with Crippen LogP contribution in [0.25, 0.3) is 0 Å². The van der Waals surface area contributed by atoms with E-state index in [2.05, 4.69) is 51.2 Å². The predicted molar refractivity (Wildman–Crippen MR) is 164 cm³/mol. The molecule has 0 unspecified atom stereocenters. The Hall–Kier alpha value is -2.32. The first-order valence-electron chi connectivity index (χ1n) is 13.7. The summed E-state index contributed by atoms with van der Waals surface area (Å²) in [5, 5.41) is 12.3. The van der Waals surface area contributed by atoms with Crippen LogP contribution < -0.4 is 5.32 Å². The molecule has 2 N–H and O–H groups in total. The van der Waals surface area contributed by atoms with Crippen molar-refractivity contribution in [2.45, 2.75) is 84.6 Å². The fraction of sp³-hybridized carbons (Fsp3) is 0.548. The molecule has 0 bridgehead atoms. The van der Waals surface area contributed by atoms with Crippen molar-refractivity contribution >= 4 is 33.5 Å². The molecule has 0 aliphatic rings. The second-order valence-electron chi connectivity index (χ2n) is 10.5. The fourth-order valence-electron chi connectivity index (χ4n) is 3.92. The molecule has 218 valence electrons. The zero-order chi connectivity index (χ0) is 29.4. The number of carboxylic acid groups (broad SMARTS) is 1. The third kappa shape index (κ3) is 14.0. The Bertz CT molecular complexity index is 1100. The summed E-state index contributed by atoms with van der Waals surface area (Å²) in [5.41, 5.74) is 3.98. The molecular weight excluding hydrogens is 530 g/mol. The summed E-state index contributed by atoms with van der Waals surface area (Å²) in [6, 6.07) is 6.95. The van der Waals surface area contributed by atoms with Crippen molar-refractivity contribution in [1.29, 1.82) is 0 Å². The SMILES string of the molecule is CC[C@H](C)[C@H](CS(=O)(=O)c1ccccc1)C(=O)N[C@@H](CSC/C=C(\C)CC/C=C(\C)CCC=C(C)C)C(=O)O. The third-order valence-electron chi connectivity index (χ3n) is 6.74. The van der Waals surface area contributed by atoms with Crippen molar-refractivity contribution in [3.63, 3.8) is 0 Å². The molecule has 0 heterocycles. The molecule has 8 heteroatoms. The molecular formula is C31H47NO5S2. The molecule has 39 heavy (non-hydrogen) atoms. The molecule has 0 fully saturated rings. The molecule has 1 amide bonds. The number of rotatable bonds is 18. The van der Waals surface area contributed by atoms with Gasteiger partial charge in [0.2, 0.25) is 5.91 Å². The Morgan fingerprint density at radius 3 is 2.13 bits per heavy atom. The molecule has 0 spiro atoms. The van der Waals surface area contributed by atoms with Crippen molar-refractivity contribution in [2.24, 2.45) is 11.8 Å². The van der Waals surface area contributed by atoms with E-state index in [0.29, 0.717) is 12.2 Å². The highest BCUT2D eigenvalue weighted by atomic mass is 32.2. The number of allylic oxidation sites excluding steroid dienone is 5. The number of carbonyl (C=O) groups is 2. The first kappa shape index (κ1) is 34.7. The highest BCUT2D eigenvalue weighted by molar-refractivity contribution is 7.99. The average Bonchev–Trinajstić information content (AvgIpc) is 2.88.